The maximum atomic E-state index is 6.54. The molecule has 0 unspecified atom stereocenters. The Morgan fingerprint density at radius 3 is 1.50 bits per heavy atom. The molecule has 0 atom stereocenters. The molecule has 2 nitrogen and oxygen atoms in total. The van der Waals surface area contributed by atoms with Crippen LogP contribution in [0, 0.1) is 0 Å². The molecule has 0 fully saturated rings. The van der Waals surface area contributed by atoms with Crippen LogP contribution in [0.4, 0.5) is 17.1 Å². The van der Waals surface area contributed by atoms with Crippen LogP contribution in [0.25, 0.3) is 98.4 Å². The molecule has 0 aliphatic rings. The zero-order valence-corrected chi connectivity index (χ0v) is 32.7. The Balaban J connectivity index is 0.953. The summed E-state index contributed by atoms with van der Waals surface area (Å²) in [4.78, 5) is 2.36. The van der Waals surface area contributed by atoms with Crippen LogP contribution in [0.5, 0.6) is 0 Å². The highest BCUT2D eigenvalue weighted by Gasteiger charge is 2.18. The Kier molecular flexibility index (Phi) is 7.89. The second kappa shape index (κ2) is 13.9. The van der Waals surface area contributed by atoms with Gasteiger partial charge in [-0.05, 0) is 126 Å². The molecule has 0 amide bonds. The van der Waals surface area contributed by atoms with Crippen molar-refractivity contribution in [2.24, 2.45) is 0 Å². The Labute approximate surface area is 347 Å². The summed E-state index contributed by atoms with van der Waals surface area (Å²) in [5.74, 6) is 0. The molecular formula is C58H37NO. The minimum atomic E-state index is 0.899. The fourth-order valence-electron chi connectivity index (χ4n) is 9.29. The summed E-state index contributed by atoms with van der Waals surface area (Å²) in [6, 6.07) is 81.2. The van der Waals surface area contributed by atoms with Crippen LogP contribution in [0.1, 0.15) is 0 Å². The lowest BCUT2D eigenvalue weighted by molar-refractivity contribution is 0.673. The summed E-state index contributed by atoms with van der Waals surface area (Å²) in [6.07, 6.45) is 0. The summed E-state index contributed by atoms with van der Waals surface area (Å²) >= 11 is 0. The maximum absolute atomic E-state index is 6.54. The minimum absolute atomic E-state index is 0.899. The summed E-state index contributed by atoms with van der Waals surface area (Å²) in [6.45, 7) is 0. The second-order valence-electron chi connectivity index (χ2n) is 15.7. The molecule has 12 rings (SSSR count). The van der Waals surface area contributed by atoms with E-state index in [4.69, 9.17) is 4.42 Å². The topological polar surface area (TPSA) is 16.4 Å². The molecule has 0 spiro atoms. The summed E-state index contributed by atoms with van der Waals surface area (Å²) in [5.41, 5.74) is 12.2. The van der Waals surface area contributed by atoms with Gasteiger partial charge >= 0.3 is 0 Å². The first kappa shape index (κ1) is 34.1. The number of nitrogens with zero attached hydrogens (tertiary/aromatic N) is 1. The predicted molar refractivity (Wildman–Crippen MR) is 255 cm³/mol. The van der Waals surface area contributed by atoms with Crippen LogP contribution in [-0.2, 0) is 0 Å². The highest BCUT2D eigenvalue weighted by molar-refractivity contribution is 6.19. The van der Waals surface area contributed by atoms with Crippen molar-refractivity contribution in [1.82, 2.24) is 0 Å². The summed E-state index contributed by atoms with van der Waals surface area (Å²) in [5, 5.41) is 12.2. The van der Waals surface area contributed by atoms with Crippen molar-refractivity contribution in [2.45, 2.75) is 0 Å². The first-order valence-electron chi connectivity index (χ1n) is 20.6. The Morgan fingerprint density at radius 1 is 0.283 bits per heavy atom. The van der Waals surface area contributed by atoms with Crippen molar-refractivity contribution in [1.29, 1.82) is 0 Å². The smallest absolute Gasteiger partial charge is 0.143 e. The van der Waals surface area contributed by atoms with Crippen molar-refractivity contribution >= 4 is 82.1 Å². The van der Waals surface area contributed by atoms with Gasteiger partial charge in [0.15, 0.2) is 0 Å². The van der Waals surface area contributed by atoms with E-state index in [0.29, 0.717) is 0 Å². The summed E-state index contributed by atoms with van der Waals surface area (Å²) < 4.78 is 6.54. The first-order valence-corrected chi connectivity index (χ1v) is 20.6. The molecule has 0 aliphatic heterocycles. The van der Waals surface area contributed by atoms with Gasteiger partial charge < -0.3 is 9.32 Å². The Bertz CT molecular complexity index is 3580. The van der Waals surface area contributed by atoms with Crippen LogP contribution < -0.4 is 4.90 Å². The molecule has 0 bridgehead atoms. The van der Waals surface area contributed by atoms with Gasteiger partial charge in [-0.3, -0.25) is 0 Å². The van der Waals surface area contributed by atoms with E-state index in [1.54, 1.807) is 0 Å². The van der Waals surface area contributed by atoms with E-state index < -0.39 is 0 Å². The minimum Gasteiger partial charge on any atom is -0.455 e. The van der Waals surface area contributed by atoms with E-state index in [9.17, 15) is 0 Å². The standard InChI is InChI=1S/C58H37NO/c1-2-12-44-37-45(20-19-38(44)9-1)39-21-29-46(30-22-39)59(47-31-23-42(24-32-47)50-15-7-17-53-49-13-5-3-10-40(49)27-35-54(50)53)48-33-25-43(26-34-48)51-16-8-18-56-57(51)55-36-28-41-11-4-6-14-52(41)58(55)60-56/h1-37H. The van der Waals surface area contributed by atoms with E-state index in [-0.39, 0.29) is 0 Å². The highest BCUT2D eigenvalue weighted by Crippen LogP contribution is 2.42. The molecule has 60 heavy (non-hydrogen) atoms. The fourth-order valence-corrected chi connectivity index (χ4v) is 9.29. The second-order valence-corrected chi connectivity index (χ2v) is 15.7. The largest absolute Gasteiger partial charge is 0.455 e. The van der Waals surface area contributed by atoms with Gasteiger partial charge in [-0.1, -0.05) is 170 Å². The van der Waals surface area contributed by atoms with Gasteiger partial charge in [0.05, 0.1) is 0 Å². The van der Waals surface area contributed by atoms with Gasteiger partial charge in [-0.25, -0.2) is 0 Å². The Morgan fingerprint density at radius 2 is 0.783 bits per heavy atom. The molecule has 0 saturated heterocycles. The van der Waals surface area contributed by atoms with Crippen molar-refractivity contribution in [2.75, 3.05) is 4.90 Å². The van der Waals surface area contributed by atoms with Crippen LogP contribution in [0.3, 0.4) is 0 Å². The van der Waals surface area contributed by atoms with Crippen molar-refractivity contribution in [3.05, 3.63) is 224 Å². The number of fused-ring (bicyclic) bond motifs is 9. The first-order chi connectivity index (χ1) is 29.7. The lowest BCUT2D eigenvalue weighted by atomic mass is 9.94. The molecular weight excluding hydrogens is 727 g/mol. The molecule has 12 aromatic rings. The van der Waals surface area contributed by atoms with Gasteiger partial charge in [0.1, 0.15) is 11.2 Å². The van der Waals surface area contributed by atoms with Gasteiger partial charge in [0, 0.05) is 33.2 Å². The average molecular weight is 764 g/mol. The number of hydrogen-bond acceptors (Lipinski definition) is 2. The third-order valence-corrected chi connectivity index (χ3v) is 12.3. The van der Waals surface area contributed by atoms with E-state index in [0.717, 1.165) is 55.5 Å². The van der Waals surface area contributed by atoms with Crippen LogP contribution >= 0.6 is 0 Å². The normalized spacial score (nSPS) is 11.7. The van der Waals surface area contributed by atoms with Gasteiger partial charge in [0.2, 0.25) is 0 Å². The molecule has 0 N–H and O–H groups in total. The van der Waals surface area contributed by atoms with Gasteiger partial charge in [0.25, 0.3) is 0 Å². The lowest BCUT2D eigenvalue weighted by Crippen LogP contribution is -2.09. The molecule has 1 aromatic heterocycles. The number of hydrogen-bond donors (Lipinski definition) is 0. The Hall–Kier alpha value is -7.94. The molecule has 0 aliphatic carbocycles. The number of anilines is 3. The number of benzene rings is 11. The third kappa shape index (κ3) is 5.65. The van der Waals surface area contributed by atoms with Crippen molar-refractivity contribution in [3.8, 4) is 33.4 Å². The van der Waals surface area contributed by atoms with Crippen LogP contribution in [0.2, 0.25) is 0 Å². The molecule has 280 valence electrons. The van der Waals surface area contributed by atoms with E-state index in [1.807, 2.05) is 0 Å². The quantitative estimate of drug-likeness (QED) is 0.157. The molecule has 2 heteroatoms. The third-order valence-electron chi connectivity index (χ3n) is 12.3. The monoisotopic (exact) mass is 763 g/mol. The van der Waals surface area contributed by atoms with Crippen molar-refractivity contribution < 1.29 is 4.42 Å². The van der Waals surface area contributed by atoms with Crippen LogP contribution in [0.15, 0.2) is 229 Å². The maximum Gasteiger partial charge on any atom is 0.143 e. The van der Waals surface area contributed by atoms with Crippen molar-refractivity contribution in [3.63, 3.8) is 0 Å². The zero-order valence-electron chi connectivity index (χ0n) is 32.7. The molecule has 11 aromatic carbocycles. The zero-order chi connectivity index (χ0) is 39.6. The highest BCUT2D eigenvalue weighted by atomic mass is 16.3. The SMILES string of the molecule is c1ccc2cc(-c3ccc(N(c4ccc(-c5cccc6c5ccc5ccccc56)cc4)c4ccc(-c5cccc6oc7c8ccccc8ccc7c56)cc4)cc3)ccc2c1. The van der Waals surface area contributed by atoms with E-state index in [1.165, 1.54) is 60.0 Å². The van der Waals surface area contributed by atoms with E-state index in [2.05, 4.69) is 229 Å². The van der Waals surface area contributed by atoms with E-state index >= 15 is 0 Å². The van der Waals surface area contributed by atoms with Gasteiger partial charge in [-0.15, -0.1) is 0 Å². The van der Waals surface area contributed by atoms with Crippen LogP contribution in [-0.4, -0.2) is 0 Å². The molecule has 0 radical (unpaired) electrons. The summed E-state index contributed by atoms with van der Waals surface area (Å²) in [7, 11) is 0. The average Bonchev–Trinajstić information content (AvgIpc) is 3.72. The van der Waals surface area contributed by atoms with Gasteiger partial charge in [-0.2, -0.15) is 0 Å². The lowest BCUT2D eigenvalue weighted by Gasteiger charge is -2.26. The number of rotatable bonds is 6. The molecule has 0 saturated carbocycles. The number of furan rings is 1. The molecule has 1 heterocycles. The fraction of sp³-hybridized carbons (Fsp3) is 0. The predicted octanol–water partition coefficient (Wildman–Crippen LogP) is 16.7.